The van der Waals surface area contributed by atoms with Gasteiger partial charge in [-0.1, -0.05) is 11.6 Å². The normalized spacial score (nSPS) is 11.3. The standard InChI is InChI=1S/C13H13ClN4S/c1-8-9(6-15-17(8)2)7-18-12-5-10(14)3-4-11(12)16-13(18)19/h3-6H,7H2,1-2H3,(H,16,19). The molecule has 0 bridgehead atoms. The van der Waals surface area contributed by atoms with Crippen LogP contribution < -0.4 is 0 Å². The summed E-state index contributed by atoms with van der Waals surface area (Å²) < 4.78 is 4.60. The second kappa shape index (κ2) is 4.51. The Labute approximate surface area is 120 Å². The zero-order valence-electron chi connectivity index (χ0n) is 10.6. The minimum atomic E-state index is 0.693. The molecule has 0 aliphatic heterocycles. The predicted molar refractivity (Wildman–Crippen MR) is 79.2 cm³/mol. The van der Waals surface area contributed by atoms with Crippen LogP contribution in [0.5, 0.6) is 0 Å². The summed E-state index contributed by atoms with van der Waals surface area (Å²) in [4.78, 5) is 3.19. The van der Waals surface area contributed by atoms with E-state index < -0.39 is 0 Å². The Kier molecular flexibility index (Phi) is 2.95. The SMILES string of the molecule is Cc1c(Cn2c(=S)[nH]c3ccc(Cl)cc32)cnn1C. The Morgan fingerprint density at radius 2 is 2.21 bits per heavy atom. The Morgan fingerprint density at radius 3 is 2.89 bits per heavy atom. The molecular formula is C13H13ClN4S. The van der Waals surface area contributed by atoms with Gasteiger partial charge in [0.15, 0.2) is 4.77 Å². The molecule has 0 aliphatic rings. The summed E-state index contributed by atoms with van der Waals surface area (Å²) in [7, 11) is 1.93. The lowest BCUT2D eigenvalue weighted by Crippen LogP contribution is -2.01. The summed E-state index contributed by atoms with van der Waals surface area (Å²) in [5.74, 6) is 0. The molecule has 0 radical (unpaired) electrons. The highest BCUT2D eigenvalue weighted by molar-refractivity contribution is 7.71. The zero-order valence-corrected chi connectivity index (χ0v) is 12.2. The molecule has 1 aromatic carbocycles. The molecule has 0 unspecified atom stereocenters. The summed E-state index contributed by atoms with van der Waals surface area (Å²) in [5.41, 5.74) is 4.30. The van der Waals surface area contributed by atoms with Gasteiger partial charge in [-0.3, -0.25) is 4.68 Å². The van der Waals surface area contributed by atoms with Crippen molar-refractivity contribution in [3.05, 3.63) is 45.4 Å². The molecule has 0 atom stereocenters. The van der Waals surface area contributed by atoms with E-state index in [1.165, 1.54) is 0 Å². The number of hydrogen-bond donors (Lipinski definition) is 1. The van der Waals surface area contributed by atoms with E-state index in [9.17, 15) is 0 Å². The van der Waals surface area contributed by atoms with Crippen LogP contribution in [0.15, 0.2) is 24.4 Å². The number of aromatic nitrogens is 4. The van der Waals surface area contributed by atoms with Crippen molar-refractivity contribution in [1.82, 2.24) is 19.3 Å². The number of rotatable bonds is 2. The minimum absolute atomic E-state index is 0.693. The van der Waals surface area contributed by atoms with E-state index in [1.807, 2.05) is 47.6 Å². The number of aryl methyl sites for hydroxylation is 1. The monoisotopic (exact) mass is 292 g/mol. The van der Waals surface area contributed by atoms with E-state index in [4.69, 9.17) is 23.8 Å². The number of hydrogen-bond acceptors (Lipinski definition) is 2. The summed E-state index contributed by atoms with van der Waals surface area (Å²) in [6, 6.07) is 5.73. The molecule has 0 fully saturated rings. The van der Waals surface area contributed by atoms with E-state index in [0.717, 1.165) is 22.3 Å². The van der Waals surface area contributed by atoms with Crippen LogP contribution in [0.2, 0.25) is 5.02 Å². The third kappa shape index (κ3) is 2.09. The number of halogens is 1. The van der Waals surface area contributed by atoms with Crippen LogP contribution in [0.4, 0.5) is 0 Å². The molecule has 0 spiro atoms. The fraction of sp³-hybridized carbons (Fsp3) is 0.231. The largest absolute Gasteiger partial charge is 0.331 e. The molecule has 2 aromatic heterocycles. The van der Waals surface area contributed by atoms with Gasteiger partial charge in [-0.2, -0.15) is 5.10 Å². The first-order valence-electron chi connectivity index (χ1n) is 5.92. The first kappa shape index (κ1) is 12.4. The van der Waals surface area contributed by atoms with Gasteiger partial charge < -0.3 is 9.55 Å². The summed E-state index contributed by atoms with van der Waals surface area (Å²) in [5, 5.41) is 4.96. The molecule has 3 aromatic rings. The van der Waals surface area contributed by atoms with Crippen LogP contribution in [0.1, 0.15) is 11.3 Å². The van der Waals surface area contributed by atoms with Gasteiger partial charge in [-0.15, -0.1) is 0 Å². The van der Waals surface area contributed by atoms with Gasteiger partial charge in [-0.25, -0.2) is 0 Å². The molecule has 0 amide bonds. The Morgan fingerprint density at radius 1 is 1.42 bits per heavy atom. The average molecular weight is 293 g/mol. The lowest BCUT2D eigenvalue weighted by molar-refractivity contribution is 0.732. The number of aromatic amines is 1. The van der Waals surface area contributed by atoms with Crippen molar-refractivity contribution in [1.29, 1.82) is 0 Å². The highest BCUT2D eigenvalue weighted by Gasteiger charge is 2.09. The Hall–Kier alpha value is -1.59. The second-order valence-electron chi connectivity index (χ2n) is 4.56. The lowest BCUT2D eigenvalue weighted by Gasteiger charge is -2.04. The average Bonchev–Trinajstić information content (AvgIpc) is 2.85. The number of imidazole rings is 1. The minimum Gasteiger partial charge on any atom is -0.331 e. The quantitative estimate of drug-likeness (QED) is 0.735. The molecular weight excluding hydrogens is 280 g/mol. The smallest absolute Gasteiger partial charge is 0.178 e. The topological polar surface area (TPSA) is 38.5 Å². The molecule has 0 saturated heterocycles. The maximum Gasteiger partial charge on any atom is 0.178 e. The lowest BCUT2D eigenvalue weighted by atomic mass is 10.2. The maximum atomic E-state index is 6.06. The van der Waals surface area contributed by atoms with Crippen molar-refractivity contribution < 1.29 is 0 Å². The van der Waals surface area contributed by atoms with Crippen LogP contribution in [-0.2, 0) is 13.6 Å². The fourth-order valence-electron chi connectivity index (χ4n) is 2.15. The van der Waals surface area contributed by atoms with Crippen LogP contribution in [0, 0.1) is 11.7 Å². The molecule has 1 N–H and O–H groups in total. The predicted octanol–water partition coefficient (Wildman–Crippen LogP) is 3.44. The summed E-state index contributed by atoms with van der Waals surface area (Å²) in [6.07, 6.45) is 1.88. The van der Waals surface area contributed by atoms with Crippen molar-refractivity contribution in [3.8, 4) is 0 Å². The Bertz CT molecular complexity index is 812. The first-order valence-corrected chi connectivity index (χ1v) is 6.70. The Balaban J connectivity index is 2.15. The number of nitrogens with zero attached hydrogens (tertiary/aromatic N) is 3. The van der Waals surface area contributed by atoms with Crippen LogP contribution in [-0.4, -0.2) is 19.3 Å². The highest BCUT2D eigenvalue weighted by atomic mass is 35.5. The molecule has 98 valence electrons. The van der Waals surface area contributed by atoms with Gasteiger partial charge in [0, 0.05) is 23.3 Å². The van der Waals surface area contributed by atoms with Crippen molar-refractivity contribution in [2.24, 2.45) is 7.05 Å². The second-order valence-corrected chi connectivity index (χ2v) is 5.38. The van der Waals surface area contributed by atoms with Gasteiger partial charge in [0.2, 0.25) is 0 Å². The molecule has 0 saturated carbocycles. The van der Waals surface area contributed by atoms with Crippen LogP contribution in [0.25, 0.3) is 11.0 Å². The number of fused-ring (bicyclic) bond motifs is 1. The van der Waals surface area contributed by atoms with E-state index in [-0.39, 0.29) is 0 Å². The van der Waals surface area contributed by atoms with Crippen molar-refractivity contribution in [2.45, 2.75) is 13.5 Å². The van der Waals surface area contributed by atoms with E-state index in [1.54, 1.807) is 0 Å². The summed E-state index contributed by atoms with van der Waals surface area (Å²) in [6.45, 7) is 2.74. The van der Waals surface area contributed by atoms with Crippen molar-refractivity contribution in [2.75, 3.05) is 0 Å². The molecule has 19 heavy (non-hydrogen) atoms. The van der Waals surface area contributed by atoms with Crippen molar-refractivity contribution >= 4 is 34.9 Å². The molecule has 3 rings (SSSR count). The van der Waals surface area contributed by atoms with Gasteiger partial charge in [0.05, 0.1) is 23.8 Å². The van der Waals surface area contributed by atoms with E-state index in [0.29, 0.717) is 16.3 Å². The number of H-pyrrole nitrogens is 1. The van der Waals surface area contributed by atoms with E-state index >= 15 is 0 Å². The highest BCUT2D eigenvalue weighted by Crippen LogP contribution is 2.21. The molecule has 0 aliphatic carbocycles. The van der Waals surface area contributed by atoms with Crippen molar-refractivity contribution in [3.63, 3.8) is 0 Å². The van der Waals surface area contributed by atoms with E-state index in [2.05, 4.69) is 10.1 Å². The fourth-order valence-corrected chi connectivity index (χ4v) is 2.59. The van der Waals surface area contributed by atoms with Gasteiger partial charge in [0.25, 0.3) is 0 Å². The number of benzene rings is 1. The first-order chi connectivity index (χ1) is 9.06. The van der Waals surface area contributed by atoms with Gasteiger partial charge in [0.1, 0.15) is 0 Å². The summed E-state index contributed by atoms with van der Waals surface area (Å²) >= 11 is 11.4. The molecule has 2 heterocycles. The molecule has 6 heteroatoms. The maximum absolute atomic E-state index is 6.06. The van der Waals surface area contributed by atoms with Crippen LogP contribution in [0.3, 0.4) is 0 Å². The van der Waals surface area contributed by atoms with Crippen LogP contribution >= 0.6 is 23.8 Å². The van der Waals surface area contributed by atoms with Gasteiger partial charge >= 0.3 is 0 Å². The molecule has 4 nitrogen and oxygen atoms in total. The zero-order chi connectivity index (χ0) is 13.6. The third-order valence-electron chi connectivity index (χ3n) is 3.40. The van der Waals surface area contributed by atoms with Gasteiger partial charge in [-0.05, 0) is 37.3 Å². The number of nitrogens with one attached hydrogen (secondary N) is 1. The third-order valence-corrected chi connectivity index (χ3v) is 3.96.